The molecule has 0 atom stereocenters. The lowest BCUT2D eigenvalue weighted by atomic mass is 10.1. The van der Waals surface area contributed by atoms with Crippen molar-refractivity contribution in [2.45, 2.75) is 0 Å². The van der Waals surface area contributed by atoms with Crippen LogP contribution in [0.3, 0.4) is 0 Å². The summed E-state index contributed by atoms with van der Waals surface area (Å²) < 4.78 is 10.7. The third-order valence-electron chi connectivity index (χ3n) is 5.12. The number of barbiturate groups is 1. The van der Waals surface area contributed by atoms with E-state index >= 15 is 0 Å². The van der Waals surface area contributed by atoms with Crippen molar-refractivity contribution in [1.29, 1.82) is 0 Å². The minimum absolute atomic E-state index is 0.161. The van der Waals surface area contributed by atoms with Gasteiger partial charge in [-0.05, 0) is 48.0 Å². The molecule has 10 heteroatoms. The molecule has 36 heavy (non-hydrogen) atoms. The van der Waals surface area contributed by atoms with Crippen molar-refractivity contribution in [3.8, 4) is 11.5 Å². The summed E-state index contributed by atoms with van der Waals surface area (Å²) in [6.45, 7) is -0.312. The number of nitrogens with zero attached hydrogens (tertiary/aromatic N) is 1. The van der Waals surface area contributed by atoms with Gasteiger partial charge in [0, 0.05) is 0 Å². The van der Waals surface area contributed by atoms with E-state index in [2.05, 4.69) is 10.6 Å². The van der Waals surface area contributed by atoms with Crippen molar-refractivity contribution in [3.63, 3.8) is 0 Å². The Balaban J connectivity index is 1.47. The molecule has 1 aliphatic heterocycles. The topological polar surface area (TPSA) is 114 Å². The largest absolute Gasteiger partial charge is 0.495 e. The smallest absolute Gasteiger partial charge is 0.335 e. The number of hydrogen-bond acceptors (Lipinski definition) is 6. The number of rotatable bonds is 7. The molecule has 0 spiro atoms. The number of ether oxygens (including phenoxy) is 2. The lowest BCUT2D eigenvalue weighted by molar-refractivity contribution is -0.122. The van der Waals surface area contributed by atoms with Crippen LogP contribution in [0.2, 0.25) is 5.02 Å². The van der Waals surface area contributed by atoms with E-state index in [-0.39, 0.29) is 23.0 Å². The first-order chi connectivity index (χ1) is 17.4. The van der Waals surface area contributed by atoms with Crippen LogP contribution in [-0.4, -0.2) is 37.5 Å². The van der Waals surface area contributed by atoms with Crippen molar-refractivity contribution < 1.29 is 28.7 Å². The van der Waals surface area contributed by atoms with Gasteiger partial charge in [-0.15, -0.1) is 0 Å². The number of methoxy groups -OCH3 is 1. The molecule has 3 aromatic rings. The zero-order valence-corrected chi connectivity index (χ0v) is 19.7. The molecule has 1 aliphatic rings. The van der Waals surface area contributed by atoms with Gasteiger partial charge in [-0.1, -0.05) is 48.0 Å². The van der Waals surface area contributed by atoms with Gasteiger partial charge in [0.25, 0.3) is 17.7 Å². The number of urea groups is 1. The summed E-state index contributed by atoms with van der Waals surface area (Å²) in [7, 11) is 1.50. The molecule has 4 rings (SSSR count). The van der Waals surface area contributed by atoms with E-state index < -0.39 is 23.8 Å². The molecule has 182 valence electrons. The summed E-state index contributed by atoms with van der Waals surface area (Å²) in [5.74, 6) is -1.26. The lowest BCUT2D eigenvalue weighted by Gasteiger charge is -2.26. The molecular weight excluding hydrogens is 486 g/mol. The molecule has 0 aliphatic carbocycles. The van der Waals surface area contributed by atoms with Gasteiger partial charge in [-0.3, -0.25) is 19.7 Å². The number of anilines is 2. The maximum Gasteiger partial charge on any atom is 0.335 e. The van der Waals surface area contributed by atoms with Crippen molar-refractivity contribution >= 4 is 52.8 Å². The Hall–Kier alpha value is -4.63. The van der Waals surface area contributed by atoms with Gasteiger partial charge in [0.1, 0.15) is 17.1 Å². The summed E-state index contributed by atoms with van der Waals surface area (Å²) >= 11 is 6.30. The highest BCUT2D eigenvalue weighted by Gasteiger charge is 2.36. The normalized spacial score (nSPS) is 14.4. The quantitative estimate of drug-likeness (QED) is 0.370. The molecule has 5 amide bonds. The fourth-order valence-electron chi connectivity index (χ4n) is 3.44. The zero-order chi connectivity index (χ0) is 25.7. The summed E-state index contributed by atoms with van der Waals surface area (Å²) in [6.07, 6.45) is 1.32. The van der Waals surface area contributed by atoms with Crippen LogP contribution in [-0.2, 0) is 14.4 Å². The minimum Gasteiger partial charge on any atom is -0.495 e. The number of hydrogen-bond donors (Lipinski definition) is 2. The Morgan fingerprint density at radius 1 is 1.00 bits per heavy atom. The summed E-state index contributed by atoms with van der Waals surface area (Å²) in [5.41, 5.74) is 1.01. The molecule has 3 aromatic carbocycles. The third-order valence-corrected chi connectivity index (χ3v) is 5.42. The summed E-state index contributed by atoms with van der Waals surface area (Å²) in [5, 5.41) is 5.02. The Morgan fingerprint density at radius 2 is 1.72 bits per heavy atom. The molecule has 1 saturated heterocycles. The number of imide groups is 2. The molecule has 0 unspecified atom stereocenters. The van der Waals surface area contributed by atoms with Crippen LogP contribution in [0.15, 0.2) is 78.4 Å². The fourth-order valence-corrected chi connectivity index (χ4v) is 3.68. The van der Waals surface area contributed by atoms with E-state index in [0.29, 0.717) is 22.7 Å². The Labute approximate surface area is 211 Å². The number of nitrogens with one attached hydrogen (secondary N) is 2. The average molecular weight is 506 g/mol. The standard InChI is InChI=1S/C26H20ClN3O6/c1-35-22-10-6-5-9-20(22)28-23(31)15-36-21-12-11-16(14-19(21)27)13-18-24(32)29-26(34)30(25(18)33)17-7-3-2-4-8-17/h2-14H,15H2,1H3,(H,28,31)(H,29,32,34)/b18-13-. The summed E-state index contributed by atoms with van der Waals surface area (Å²) in [4.78, 5) is 50.7. The second kappa shape index (κ2) is 10.7. The maximum atomic E-state index is 12.9. The molecule has 0 saturated carbocycles. The van der Waals surface area contributed by atoms with E-state index in [4.69, 9.17) is 21.1 Å². The second-order valence-electron chi connectivity index (χ2n) is 7.52. The zero-order valence-electron chi connectivity index (χ0n) is 19.0. The lowest BCUT2D eigenvalue weighted by Crippen LogP contribution is -2.54. The van der Waals surface area contributed by atoms with Crippen molar-refractivity contribution in [2.24, 2.45) is 0 Å². The van der Waals surface area contributed by atoms with E-state index in [1.807, 2.05) is 0 Å². The van der Waals surface area contributed by atoms with Crippen molar-refractivity contribution in [1.82, 2.24) is 5.32 Å². The fraction of sp³-hybridized carbons (Fsp3) is 0.0769. The highest BCUT2D eigenvalue weighted by Crippen LogP contribution is 2.28. The van der Waals surface area contributed by atoms with Crippen molar-refractivity contribution in [2.75, 3.05) is 23.9 Å². The van der Waals surface area contributed by atoms with Crippen LogP contribution in [0.5, 0.6) is 11.5 Å². The number of para-hydroxylation sites is 3. The van der Waals surface area contributed by atoms with E-state index in [1.54, 1.807) is 60.7 Å². The SMILES string of the molecule is COc1ccccc1NC(=O)COc1ccc(/C=C2/C(=O)NC(=O)N(c3ccccc3)C2=O)cc1Cl. The molecular formula is C26H20ClN3O6. The number of carbonyl (C=O) groups is 4. The third kappa shape index (κ3) is 5.37. The number of benzene rings is 3. The number of amides is 5. The molecule has 0 radical (unpaired) electrons. The predicted octanol–water partition coefficient (Wildman–Crippen LogP) is 4.03. The molecule has 0 aromatic heterocycles. The van der Waals surface area contributed by atoms with Gasteiger partial charge < -0.3 is 14.8 Å². The van der Waals surface area contributed by atoms with Crippen LogP contribution in [0.4, 0.5) is 16.2 Å². The molecule has 1 heterocycles. The van der Waals surface area contributed by atoms with Crippen LogP contribution in [0.1, 0.15) is 5.56 Å². The van der Waals surface area contributed by atoms with Gasteiger partial charge in [0.15, 0.2) is 6.61 Å². The Bertz CT molecular complexity index is 1370. The van der Waals surface area contributed by atoms with Gasteiger partial charge in [-0.2, -0.15) is 0 Å². The monoisotopic (exact) mass is 505 g/mol. The highest BCUT2D eigenvalue weighted by molar-refractivity contribution is 6.39. The average Bonchev–Trinajstić information content (AvgIpc) is 2.87. The van der Waals surface area contributed by atoms with Crippen LogP contribution >= 0.6 is 11.6 Å². The first kappa shape index (κ1) is 24.5. The maximum absolute atomic E-state index is 12.9. The first-order valence-electron chi connectivity index (χ1n) is 10.7. The van der Waals surface area contributed by atoms with Gasteiger partial charge in [-0.25, -0.2) is 9.69 Å². The molecule has 2 N–H and O–H groups in total. The van der Waals surface area contributed by atoms with Gasteiger partial charge >= 0.3 is 6.03 Å². The van der Waals surface area contributed by atoms with E-state index in [1.165, 1.54) is 25.3 Å². The Morgan fingerprint density at radius 3 is 2.44 bits per heavy atom. The number of carbonyl (C=O) groups excluding carboxylic acids is 4. The van der Waals surface area contributed by atoms with E-state index in [9.17, 15) is 19.2 Å². The highest BCUT2D eigenvalue weighted by atomic mass is 35.5. The van der Waals surface area contributed by atoms with Gasteiger partial charge in [0.2, 0.25) is 0 Å². The Kier molecular flexibility index (Phi) is 7.31. The predicted molar refractivity (Wildman–Crippen MR) is 134 cm³/mol. The summed E-state index contributed by atoms with van der Waals surface area (Å²) in [6, 6.07) is 18.9. The van der Waals surface area contributed by atoms with Crippen molar-refractivity contribution in [3.05, 3.63) is 89.0 Å². The molecule has 9 nitrogen and oxygen atoms in total. The van der Waals surface area contributed by atoms with Crippen LogP contribution in [0.25, 0.3) is 6.08 Å². The van der Waals surface area contributed by atoms with E-state index in [0.717, 1.165) is 4.90 Å². The van der Waals surface area contributed by atoms with Crippen LogP contribution < -0.4 is 25.0 Å². The molecule has 1 fully saturated rings. The van der Waals surface area contributed by atoms with Gasteiger partial charge in [0.05, 0.1) is 23.5 Å². The number of halogens is 1. The second-order valence-corrected chi connectivity index (χ2v) is 7.93. The first-order valence-corrected chi connectivity index (χ1v) is 11.1. The molecule has 0 bridgehead atoms. The minimum atomic E-state index is -0.832. The van der Waals surface area contributed by atoms with Crippen LogP contribution in [0, 0.1) is 0 Å².